The molecule has 1 amide bonds. The lowest BCUT2D eigenvalue weighted by Crippen LogP contribution is -2.41. The van der Waals surface area contributed by atoms with E-state index in [9.17, 15) is 4.79 Å². The van der Waals surface area contributed by atoms with Gasteiger partial charge in [0.15, 0.2) is 12.2 Å². The number of fused-ring (bicyclic) bond motifs is 1. The number of oxazole rings is 1. The number of carbonyl (C=O) groups is 1. The third-order valence-electron chi connectivity index (χ3n) is 4.57. The van der Waals surface area contributed by atoms with Gasteiger partial charge in [-0.3, -0.25) is 4.79 Å². The van der Waals surface area contributed by atoms with E-state index in [-0.39, 0.29) is 17.7 Å². The third-order valence-corrected chi connectivity index (χ3v) is 4.57. The van der Waals surface area contributed by atoms with Gasteiger partial charge in [-0.05, 0) is 19.8 Å². The van der Waals surface area contributed by atoms with Crippen LogP contribution in [0.3, 0.4) is 0 Å². The van der Waals surface area contributed by atoms with Crippen LogP contribution in [0.2, 0.25) is 0 Å². The van der Waals surface area contributed by atoms with Crippen molar-refractivity contribution in [2.24, 2.45) is 0 Å². The molecule has 0 aromatic carbocycles. The zero-order valence-electron chi connectivity index (χ0n) is 13.0. The molecule has 2 aromatic rings. The minimum atomic E-state index is -0.156. The van der Waals surface area contributed by atoms with Crippen LogP contribution in [0.5, 0.6) is 0 Å². The molecule has 0 spiro atoms. The van der Waals surface area contributed by atoms with Crippen molar-refractivity contribution in [2.45, 2.75) is 38.3 Å². The second kappa shape index (κ2) is 5.77. The standard InChI is InChI=1S/C15H19N5O3/c1-10-7-19(15(21)12-6-16-9-23-12)8-13-17-18-14(20(10)13)11-2-4-22-5-3-11/h6,9-11H,2-5,7-8H2,1H3/t10-/m0/s1. The van der Waals surface area contributed by atoms with Crippen molar-refractivity contribution < 1.29 is 13.9 Å². The molecule has 1 fully saturated rings. The first-order chi connectivity index (χ1) is 11.2. The summed E-state index contributed by atoms with van der Waals surface area (Å²) in [6.07, 6.45) is 4.67. The quantitative estimate of drug-likeness (QED) is 0.831. The van der Waals surface area contributed by atoms with Crippen molar-refractivity contribution in [3.05, 3.63) is 30.0 Å². The van der Waals surface area contributed by atoms with Gasteiger partial charge in [-0.1, -0.05) is 0 Å². The lowest BCUT2D eigenvalue weighted by atomic mass is 9.99. The minimum absolute atomic E-state index is 0.137. The van der Waals surface area contributed by atoms with Gasteiger partial charge in [0.2, 0.25) is 5.76 Å². The Morgan fingerprint density at radius 1 is 1.30 bits per heavy atom. The summed E-state index contributed by atoms with van der Waals surface area (Å²) in [7, 11) is 0. The van der Waals surface area contributed by atoms with Crippen LogP contribution in [0.4, 0.5) is 0 Å². The number of ether oxygens (including phenoxy) is 1. The van der Waals surface area contributed by atoms with E-state index in [4.69, 9.17) is 9.15 Å². The normalized spacial score (nSPS) is 22.1. The Labute approximate surface area is 133 Å². The Balaban J connectivity index is 1.58. The van der Waals surface area contributed by atoms with Crippen LogP contribution in [0.15, 0.2) is 17.0 Å². The fourth-order valence-corrected chi connectivity index (χ4v) is 3.43. The van der Waals surface area contributed by atoms with Crippen LogP contribution in [0, 0.1) is 0 Å². The summed E-state index contributed by atoms with van der Waals surface area (Å²) < 4.78 is 12.7. The van der Waals surface area contributed by atoms with Gasteiger partial charge in [0, 0.05) is 25.7 Å². The average Bonchev–Trinajstić information content (AvgIpc) is 3.24. The summed E-state index contributed by atoms with van der Waals surface area (Å²) in [5, 5.41) is 8.74. The first kappa shape index (κ1) is 14.4. The molecule has 0 bridgehead atoms. The summed E-state index contributed by atoms with van der Waals surface area (Å²) in [4.78, 5) is 18.0. The molecule has 2 aromatic heterocycles. The smallest absolute Gasteiger partial charge is 0.291 e. The number of amides is 1. The van der Waals surface area contributed by atoms with Gasteiger partial charge >= 0.3 is 0 Å². The summed E-state index contributed by atoms with van der Waals surface area (Å²) in [6, 6.07) is 0.137. The molecule has 8 nitrogen and oxygen atoms in total. The first-order valence-electron chi connectivity index (χ1n) is 7.93. The highest BCUT2D eigenvalue weighted by Crippen LogP contribution is 2.31. The second-order valence-electron chi connectivity index (χ2n) is 6.13. The van der Waals surface area contributed by atoms with Crippen molar-refractivity contribution in [3.8, 4) is 0 Å². The van der Waals surface area contributed by atoms with Gasteiger partial charge in [-0.25, -0.2) is 4.98 Å². The maximum Gasteiger partial charge on any atom is 0.291 e. The Hall–Kier alpha value is -2.22. The highest BCUT2D eigenvalue weighted by molar-refractivity contribution is 5.91. The maximum atomic E-state index is 12.4. The zero-order valence-corrected chi connectivity index (χ0v) is 13.0. The number of aromatic nitrogens is 4. The van der Waals surface area contributed by atoms with Crippen LogP contribution < -0.4 is 0 Å². The summed E-state index contributed by atoms with van der Waals surface area (Å²) >= 11 is 0. The molecule has 0 unspecified atom stereocenters. The number of hydrogen-bond acceptors (Lipinski definition) is 6. The van der Waals surface area contributed by atoms with Gasteiger partial charge in [0.25, 0.3) is 5.91 Å². The molecular weight excluding hydrogens is 298 g/mol. The van der Waals surface area contributed by atoms with E-state index in [0.29, 0.717) is 19.0 Å². The molecular formula is C15H19N5O3. The van der Waals surface area contributed by atoms with Crippen molar-refractivity contribution >= 4 is 5.91 Å². The highest BCUT2D eigenvalue weighted by atomic mass is 16.5. The van der Waals surface area contributed by atoms with E-state index in [1.165, 1.54) is 12.6 Å². The third kappa shape index (κ3) is 2.52. The molecule has 2 aliphatic rings. The number of rotatable bonds is 2. The predicted molar refractivity (Wildman–Crippen MR) is 78.8 cm³/mol. The van der Waals surface area contributed by atoms with E-state index in [0.717, 1.165) is 37.7 Å². The van der Waals surface area contributed by atoms with E-state index in [1.54, 1.807) is 4.90 Å². The summed E-state index contributed by atoms with van der Waals surface area (Å²) in [5.41, 5.74) is 0. The van der Waals surface area contributed by atoms with Gasteiger partial charge in [0.1, 0.15) is 5.82 Å². The molecule has 0 aliphatic carbocycles. The molecule has 8 heteroatoms. The van der Waals surface area contributed by atoms with E-state index in [2.05, 4.69) is 26.7 Å². The molecule has 122 valence electrons. The number of nitrogens with zero attached hydrogens (tertiary/aromatic N) is 5. The average molecular weight is 317 g/mol. The lowest BCUT2D eigenvalue weighted by Gasteiger charge is -2.33. The largest absolute Gasteiger partial charge is 0.438 e. The molecule has 4 rings (SSSR count). The van der Waals surface area contributed by atoms with Crippen LogP contribution in [-0.2, 0) is 11.3 Å². The van der Waals surface area contributed by atoms with Crippen molar-refractivity contribution in [3.63, 3.8) is 0 Å². The zero-order chi connectivity index (χ0) is 15.8. The van der Waals surface area contributed by atoms with Crippen LogP contribution in [0.25, 0.3) is 0 Å². The van der Waals surface area contributed by atoms with Crippen LogP contribution >= 0.6 is 0 Å². The van der Waals surface area contributed by atoms with Crippen molar-refractivity contribution in [1.29, 1.82) is 0 Å². The highest BCUT2D eigenvalue weighted by Gasteiger charge is 2.33. The topological polar surface area (TPSA) is 86.3 Å². The van der Waals surface area contributed by atoms with Gasteiger partial charge in [0.05, 0.1) is 18.8 Å². The predicted octanol–water partition coefficient (Wildman–Crippen LogP) is 1.38. The Morgan fingerprint density at radius 2 is 2.13 bits per heavy atom. The molecule has 0 N–H and O–H groups in total. The SMILES string of the molecule is C[C@H]1CN(C(=O)c2cnco2)Cc2nnc(C3CCOCC3)n21. The van der Waals surface area contributed by atoms with Crippen LogP contribution in [0.1, 0.15) is 53.9 Å². The van der Waals surface area contributed by atoms with E-state index >= 15 is 0 Å². The molecule has 2 aliphatic heterocycles. The lowest BCUT2D eigenvalue weighted by molar-refractivity contribution is 0.0638. The molecule has 1 atom stereocenters. The summed E-state index contributed by atoms with van der Waals surface area (Å²) in [6.45, 7) is 4.70. The van der Waals surface area contributed by atoms with Crippen LogP contribution in [-0.4, -0.2) is 50.3 Å². The minimum Gasteiger partial charge on any atom is -0.438 e. The number of carbonyl (C=O) groups excluding carboxylic acids is 1. The van der Waals surface area contributed by atoms with E-state index in [1.807, 2.05) is 0 Å². The molecule has 23 heavy (non-hydrogen) atoms. The first-order valence-corrected chi connectivity index (χ1v) is 7.93. The second-order valence-corrected chi connectivity index (χ2v) is 6.13. The monoisotopic (exact) mass is 317 g/mol. The fourth-order valence-electron chi connectivity index (χ4n) is 3.43. The Kier molecular flexibility index (Phi) is 3.60. The molecule has 0 radical (unpaired) electrons. The molecule has 1 saturated heterocycles. The van der Waals surface area contributed by atoms with Crippen molar-refractivity contribution in [2.75, 3.05) is 19.8 Å². The van der Waals surface area contributed by atoms with Gasteiger partial charge < -0.3 is 18.6 Å². The van der Waals surface area contributed by atoms with Gasteiger partial charge in [-0.15, -0.1) is 10.2 Å². The Bertz CT molecular complexity index is 690. The van der Waals surface area contributed by atoms with Crippen molar-refractivity contribution in [1.82, 2.24) is 24.6 Å². The number of hydrogen-bond donors (Lipinski definition) is 0. The molecule has 4 heterocycles. The Morgan fingerprint density at radius 3 is 2.87 bits per heavy atom. The van der Waals surface area contributed by atoms with Gasteiger partial charge in [-0.2, -0.15) is 0 Å². The summed E-state index contributed by atoms with van der Waals surface area (Å²) in [5.74, 6) is 2.36. The molecule has 0 saturated carbocycles. The maximum absolute atomic E-state index is 12.4. The fraction of sp³-hybridized carbons (Fsp3) is 0.600. The van der Waals surface area contributed by atoms with E-state index < -0.39 is 0 Å².